The second-order valence-electron chi connectivity index (χ2n) is 7.80. The number of nitrogens with zero attached hydrogens (tertiary/aromatic N) is 4. The molecule has 0 aliphatic carbocycles. The van der Waals surface area contributed by atoms with Gasteiger partial charge in [0, 0.05) is 29.8 Å². The van der Waals surface area contributed by atoms with Crippen LogP contribution < -0.4 is 16.0 Å². The topological polar surface area (TPSA) is 93.9 Å². The molecule has 2 N–H and O–H groups in total. The van der Waals surface area contributed by atoms with Crippen molar-refractivity contribution in [3.8, 4) is 11.3 Å². The Bertz CT molecular complexity index is 1150. The van der Waals surface area contributed by atoms with Gasteiger partial charge in [-0.3, -0.25) is 4.79 Å². The van der Waals surface area contributed by atoms with Gasteiger partial charge in [-0.05, 0) is 73.5 Å². The molecule has 2 aliphatic rings. The largest absolute Gasteiger partial charge is 0.340 e. The van der Waals surface area contributed by atoms with E-state index in [0.717, 1.165) is 42.7 Å². The molecule has 5 rings (SSSR count). The van der Waals surface area contributed by atoms with Crippen molar-refractivity contribution in [2.24, 2.45) is 0 Å². The van der Waals surface area contributed by atoms with Crippen LogP contribution in [0.25, 0.3) is 17.3 Å². The van der Waals surface area contributed by atoms with E-state index in [2.05, 4.69) is 50.2 Å². The van der Waals surface area contributed by atoms with Gasteiger partial charge < -0.3 is 10.6 Å². The Morgan fingerprint density at radius 1 is 1.09 bits per heavy atom. The van der Waals surface area contributed by atoms with Crippen molar-refractivity contribution in [2.75, 3.05) is 24.7 Å². The van der Waals surface area contributed by atoms with Gasteiger partial charge in [0.15, 0.2) is 5.16 Å². The average Bonchev–Trinajstić information content (AvgIpc) is 2.85. The Morgan fingerprint density at radius 2 is 1.84 bits per heavy atom. The first-order valence-corrected chi connectivity index (χ1v) is 11.8. The first-order chi connectivity index (χ1) is 15.7. The summed E-state index contributed by atoms with van der Waals surface area (Å²) in [5.74, 6) is 0.776. The van der Waals surface area contributed by atoms with Crippen molar-refractivity contribution in [3.05, 3.63) is 65.6 Å². The van der Waals surface area contributed by atoms with E-state index in [4.69, 9.17) is 4.98 Å². The van der Waals surface area contributed by atoms with Gasteiger partial charge in [0.1, 0.15) is 5.82 Å². The summed E-state index contributed by atoms with van der Waals surface area (Å²) in [5, 5.41) is 11.4. The predicted octanol–water partition coefficient (Wildman–Crippen LogP) is 4.20. The number of carbonyl (C=O) groups excluding carboxylic acids is 1. The molecule has 1 fully saturated rings. The molecule has 2 aliphatic heterocycles. The normalized spacial score (nSPS) is 15.8. The summed E-state index contributed by atoms with van der Waals surface area (Å²) >= 11 is 1.49. The lowest BCUT2D eigenvalue weighted by Crippen LogP contribution is -2.26. The third-order valence-corrected chi connectivity index (χ3v) is 6.38. The van der Waals surface area contributed by atoms with Crippen LogP contribution in [0.5, 0.6) is 0 Å². The van der Waals surface area contributed by atoms with Crippen LogP contribution >= 0.6 is 11.8 Å². The fourth-order valence-electron chi connectivity index (χ4n) is 4.09. The fraction of sp³-hybridized carbons (Fsp3) is 0.250. The molecule has 1 aromatic carbocycles. The standard InChI is InChI=1S/C24H23N6OS/c1-32-24-27-13-18(14-28-24)20-12-17-8-11-26-23(31)21(17)22(30-20)29-19-4-2-15(3-5-19)16-6-9-25-10-7-16/h2-5,8,11-14,16,25H,6-7,9-10H2,1H3,(H,29,30). The minimum atomic E-state index is -0.302. The molecular weight excluding hydrogens is 420 g/mol. The summed E-state index contributed by atoms with van der Waals surface area (Å²) in [6.07, 6.45) is 11.1. The van der Waals surface area contributed by atoms with Crippen molar-refractivity contribution < 1.29 is 4.79 Å². The number of thioether (sulfide) groups is 1. The quantitative estimate of drug-likeness (QED) is 0.451. The van der Waals surface area contributed by atoms with Crippen molar-refractivity contribution >= 4 is 35.3 Å². The van der Waals surface area contributed by atoms with Crippen LogP contribution in [-0.2, 0) is 0 Å². The minimum Gasteiger partial charge on any atom is -0.340 e. The maximum Gasteiger partial charge on any atom is 0.281 e. The van der Waals surface area contributed by atoms with Gasteiger partial charge in [0.25, 0.3) is 5.91 Å². The molecule has 0 saturated carbocycles. The highest BCUT2D eigenvalue weighted by Crippen LogP contribution is 2.31. The van der Waals surface area contributed by atoms with E-state index in [1.807, 2.05) is 18.4 Å². The Hall–Kier alpha value is -3.23. The SMILES string of the molecule is CSc1ncc(-c2cc3c(c(Nc4ccc(C5CCNCC5)cc4)n2)C(=O)[N]C=C3)cn1. The smallest absolute Gasteiger partial charge is 0.281 e. The van der Waals surface area contributed by atoms with Crippen LogP contribution in [0.4, 0.5) is 11.5 Å². The molecule has 8 heteroatoms. The molecule has 2 aromatic heterocycles. The molecular formula is C24H23N6OS. The number of aromatic nitrogens is 3. The number of benzene rings is 1. The molecule has 1 saturated heterocycles. The van der Waals surface area contributed by atoms with E-state index >= 15 is 0 Å². The highest BCUT2D eigenvalue weighted by Gasteiger charge is 2.23. The van der Waals surface area contributed by atoms with Crippen LogP contribution in [0.3, 0.4) is 0 Å². The van der Waals surface area contributed by atoms with Gasteiger partial charge in [-0.2, -0.15) is 0 Å². The van der Waals surface area contributed by atoms with Crippen molar-refractivity contribution in [3.63, 3.8) is 0 Å². The van der Waals surface area contributed by atoms with E-state index in [0.29, 0.717) is 28.1 Å². The lowest BCUT2D eigenvalue weighted by molar-refractivity contribution is 0.0965. The number of amides is 1. The molecule has 0 bridgehead atoms. The molecule has 1 radical (unpaired) electrons. The highest BCUT2D eigenvalue weighted by molar-refractivity contribution is 7.98. The van der Waals surface area contributed by atoms with E-state index in [-0.39, 0.29) is 5.91 Å². The summed E-state index contributed by atoms with van der Waals surface area (Å²) in [4.78, 5) is 26.0. The fourth-order valence-corrected chi connectivity index (χ4v) is 4.41. The monoisotopic (exact) mass is 443 g/mol. The molecule has 0 spiro atoms. The number of hydrogen-bond acceptors (Lipinski definition) is 7. The summed E-state index contributed by atoms with van der Waals surface area (Å²) < 4.78 is 0. The first-order valence-electron chi connectivity index (χ1n) is 10.6. The summed E-state index contributed by atoms with van der Waals surface area (Å²) in [5.41, 5.74) is 4.97. The molecule has 7 nitrogen and oxygen atoms in total. The minimum absolute atomic E-state index is 0.302. The first kappa shape index (κ1) is 20.7. The molecule has 4 heterocycles. The van der Waals surface area contributed by atoms with Crippen molar-refractivity contribution in [1.29, 1.82) is 0 Å². The van der Waals surface area contributed by atoms with Gasteiger partial charge in [-0.25, -0.2) is 20.3 Å². The van der Waals surface area contributed by atoms with Crippen LogP contribution in [0, 0.1) is 0 Å². The van der Waals surface area contributed by atoms with Gasteiger partial charge >= 0.3 is 0 Å². The number of pyridine rings is 1. The van der Waals surface area contributed by atoms with Crippen molar-refractivity contribution in [1.82, 2.24) is 25.6 Å². The molecule has 1 amide bonds. The lowest BCUT2D eigenvalue weighted by atomic mass is 9.90. The average molecular weight is 444 g/mol. The van der Waals surface area contributed by atoms with Gasteiger partial charge in [-0.1, -0.05) is 23.9 Å². The number of piperidine rings is 1. The Labute approximate surface area is 191 Å². The number of carbonyl (C=O) groups is 1. The zero-order valence-corrected chi connectivity index (χ0v) is 18.5. The van der Waals surface area contributed by atoms with Gasteiger partial charge in [0.2, 0.25) is 0 Å². The second-order valence-corrected chi connectivity index (χ2v) is 8.57. The molecule has 0 unspecified atom stereocenters. The van der Waals surface area contributed by atoms with Crippen LogP contribution in [0.1, 0.15) is 40.2 Å². The van der Waals surface area contributed by atoms with Crippen LogP contribution in [0.2, 0.25) is 0 Å². The zero-order valence-electron chi connectivity index (χ0n) is 17.7. The van der Waals surface area contributed by atoms with E-state index < -0.39 is 0 Å². The predicted molar refractivity (Wildman–Crippen MR) is 127 cm³/mol. The Balaban J connectivity index is 1.48. The van der Waals surface area contributed by atoms with E-state index in [9.17, 15) is 4.79 Å². The summed E-state index contributed by atoms with van der Waals surface area (Å²) in [6, 6.07) is 10.3. The Kier molecular flexibility index (Phi) is 5.87. The number of rotatable bonds is 5. The molecule has 161 valence electrons. The molecule has 3 aromatic rings. The summed E-state index contributed by atoms with van der Waals surface area (Å²) in [6.45, 7) is 2.13. The van der Waals surface area contributed by atoms with E-state index in [1.165, 1.54) is 23.5 Å². The second kappa shape index (κ2) is 9.10. The van der Waals surface area contributed by atoms with Gasteiger partial charge in [0.05, 0.1) is 11.3 Å². The van der Waals surface area contributed by atoms with Crippen LogP contribution in [-0.4, -0.2) is 40.2 Å². The number of nitrogens with one attached hydrogen (secondary N) is 2. The van der Waals surface area contributed by atoms with Crippen molar-refractivity contribution in [2.45, 2.75) is 23.9 Å². The number of fused-ring (bicyclic) bond motifs is 1. The molecule has 32 heavy (non-hydrogen) atoms. The highest BCUT2D eigenvalue weighted by atomic mass is 32.2. The summed E-state index contributed by atoms with van der Waals surface area (Å²) in [7, 11) is 0. The third-order valence-electron chi connectivity index (χ3n) is 5.80. The maximum absolute atomic E-state index is 12.6. The maximum atomic E-state index is 12.6. The Morgan fingerprint density at radius 3 is 2.56 bits per heavy atom. The molecule has 0 atom stereocenters. The third kappa shape index (κ3) is 4.24. The van der Waals surface area contributed by atoms with E-state index in [1.54, 1.807) is 12.4 Å². The van der Waals surface area contributed by atoms with Gasteiger partial charge in [-0.15, -0.1) is 0 Å². The lowest BCUT2D eigenvalue weighted by Gasteiger charge is -2.23. The van der Waals surface area contributed by atoms with Crippen LogP contribution in [0.15, 0.2) is 54.1 Å². The number of hydrogen-bond donors (Lipinski definition) is 2. The zero-order chi connectivity index (χ0) is 21.9. The number of anilines is 2.